The molecule has 2 fully saturated rings. The fourth-order valence-electron chi connectivity index (χ4n) is 3.11. The molecule has 2 aromatic rings. The van der Waals surface area contributed by atoms with E-state index in [1.165, 1.54) is 24.2 Å². The fraction of sp³-hybridized carbons (Fsp3) is 0.353. The summed E-state index contributed by atoms with van der Waals surface area (Å²) >= 11 is 0. The Kier molecular flexibility index (Phi) is 4.84. The molecule has 2 atom stereocenters. The van der Waals surface area contributed by atoms with Gasteiger partial charge in [-0.3, -0.25) is 9.54 Å². The number of anilines is 1. The molecule has 0 saturated carbocycles. The van der Waals surface area contributed by atoms with Crippen LogP contribution < -0.4 is 10.2 Å². The molecule has 0 amide bonds. The molecule has 1 aromatic heterocycles. The number of aromatic nitrogens is 1. The minimum Gasteiger partial charge on any atom is -0.364 e. The summed E-state index contributed by atoms with van der Waals surface area (Å²) < 4.78 is 29.6. The molecule has 0 unspecified atom stereocenters. The van der Waals surface area contributed by atoms with Crippen molar-refractivity contribution in [2.24, 2.45) is 0 Å². The summed E-state index contributed by atoms with van der Waals surface area (Å²) in [6, 6.07) is 11.6. The highest BCUT2D eigenvalue weighted by Gasteiger charge is 2.37. The van der Waals surface area contributed by atoms with Gasteiger partial charge in [0.25, 0.3) is 10.1 Å². The van der Waals surface area contributed by atoms with Crippen molar-refractivity contribution in [1.82, 2.24) is 10.3 Å². The predicted octanol–water partition coefficient (Wildman–Crippen LogP) is 1.87. The molecule has 4 rings (SSSR count). The van der Waals surface area contributed by atoms with Gasteiger partial charge in [0, 0.05) is 31.4 Å². The van der Waals surface area contributed by atoms with Gasteiger partial charge in [0.05, 0.1) is 16.8 Å². The third kappa shape index (κ3) is 3.92. The Labute approximate surface area is 142 Å². The first-order valence-corrected chi connectivity index (χ1v) is 9.32. The molecule has 2 aliphatic rings. The lowest BCUT2D eigenvalue weighted by Crippen LogP contribution is -2.43. The lowest BCUT2D eigenvalue weighted by atomic mass is 10.2. The maximum Gasteiger partial charge on any atom is 0.294 e. The van der Waals surface area contributed by atoms with Crippen molar-refractivity contribution < 1.29 is 13.0 Å². The molecule has 1 aromatic carbocycles. The van der Waals surface area contributed by atoms with Crippen LogP contribution in [0.5, 0.6) is 0 Å². The SMILES string of the molecule is Cc1ccc(S(=O)(=O)O)cc1.c1cncc(N2C[C@H]3C[C@@H]2CN3)c1. The average molecular weight is 347 g/mol. The topological polar surface area (TPSA) is 82.5 Å². The smallest absolute Gasteiger partial charge is 0.294 e. The van der Waals surface area contributed by atoms with Crippen LogP contribution in [0.25, 0.3) is 0 Å². The molecule has 2 bridgehead atoms. The van der Waals surface area contributed by atoms with E-state index in [2.05, 4.69) is 21.3 Å². The number of nitrogens with zero attached hydrogens (tertiary/aromatic N) is 2. The Bertz CT molecular complexity index is 778. The second-order valence-corrected chi connectivity index (χ2v) is 7.57. The summed E-state index contributed by atoms with van der Waals surface area (Å²) in [7, 11) is -4.02. The maximum atomic E-state index is 10.5. The van der Waals surface area contributed by atoms with Crippen LogP contribution in [0, 0.1) is 6.92 Å². The maximum absolute atomic E-state index is 10.5. The number of pyridine rings is 1. The lowest BCUT2D eigenvalue weighted by Gasteiger charge is -2.29. The van der Waals surface area contributed by atoms with Gasteiger partial charge < -0.3 is 10.2 Å². The molecule has 128 valence electrons. The van der Waals surface area contributed by atoms with Crippen molar-refractivity contribution in [2.45, 2.75) is 30.3 Å². The number of hydrogen-bond donors (Lipinski definition) is 2. The first-order valence-electron chi connectivity index (χ1n) is 7.88. The third-order valence-electron chi connectivity index (χ3n) is 4.35. The summed E-state index contributed by atoms with van der Waals surface area (Å²) in [5.41, 5.74) is 2.23. The van der Waals surface area contributed by atoms with E-state index in [1.54, 1.807) is 12.1 Å². The van der Waals surface area contributed by atoms with Crippen LogP contribution in [0.15, 0.2) is 53.7 Å². The number of benzene rings is 1. The van der Waals surface area contributed by atoms with Crippen LogP contribution in [-0.4, -0.2) is 43.1 Å². The van der Waals surface area contributed by atoms with Gasteiger partial charge in [-0.1, -0.05) is 17.7 Å². The van der Waals surface area contributed by atoms with E-state index in [0.29, 0.717) is 12.1 Å². The normalized spacial score (nSPS) is 22.2. The van der Waals surface area contributed by atoms with E-state index in [4.69, 9.17) is 4.55 Å². The number of piperazine rings is 1. The van der Waals surface area contributed by atoms with Crippen molar-refractivity contribution in [3.05, 3.63) is 54.4 Å². The first-order chi connectivity index (χ1) is 11.4. The largest absolute Gasteiger partial charge is 0.364 e. The van der Waals surface area contributed by atoms with Crippen LogP contribution in [0.1, 0.15) is 12.0 Å². The van der Waals surface area contributed by atoms with Gasteiger partial charge in [0.2, 0.25) is 0 Å². The van der Waals surface area contributed by atoms with E-state index in [-0.39, 0.29) is 4.90 Å². The van der Waals surface area contributed by atoms with Crippen LogP contribution in [0.4, 0.5) is 5.69 Å². The van der Waals surface area contributed by atoms with Crippen LogP contribution in [0.2, 0.25) is 0 Å². The molecule has 2 N–H and O–H groups in total. The van der Waals surface area contributed by atoms with E-state index in [1.807, 2.05) is 25.4 Å². The Morgan fingerprint density at radius 1 is 1.25 bits per heavy atom. The van der Waals surface area contributed by atoms with Crippen molar-refractivity contribution >= 4 is 15.8 Å². The lowest BCUT2D eigenvalue weighted by molar-refractivity contribution is 0.483. The second kappa shape index (κ2) is 6.88. The quantitative estimate of drug-likeness (QED) is 0.807. The predicted molar refractivity (Wildman–Crippen MR) is 92.8 cm³/mol. The van der Waals surface area contributed by atoms with Gasteiger partial charge in [-0.15, -0.1) is 0 Å². The van der Waals surface area contributed by atoms with Crippen molar-refractivity contribution in [3.8, 4) is 0 Å². The van der Waals surface area contributed by atoms with Crippen molar-refractivity contribution in [3.63, 3.8) is 0 Å². The molecular weight excluding hydrogens is 326 g/mol. The Hall–Kier alpha value is -1.96. The zero-order chi connectivity index (χ0) is 17.2. The van der Waals surface area contributed by atoms with Gasteiger partial charge in [-0.25, -0.2) is 0 Å². The average Bonchev–Trinajstić information content (AvgIpc) is 3.19. The van der Waals surface area contributed by atoms with Gasteiger partial charge >= 0.3 is 0 Å². The summed E-state index contributed by atoms with van der Waals surface area (Å²) in [4.78, 5) is 6.55. The van der Waals surface area contributed by atoms with E-state index in [0.717, 1.165) is 18.7 Å². The van der Waals surface area contributed by atoms with E-state index >= 15 is 0 Å². The zero-order valence-corrected chi connectivity index (χ0v) is 14.3. The van der Waals surface area contributed by atoms with Gasteiger partial charge in [0.15, 0.2) is 0 Å². The molecule has 0 spiro atoms. The number of aryl methyl sites for hydroxylation is 1. The van der Waals surface area contributed by atoms with Gasteiger partial charge in [-0.2, -0.15) is 8.42 Å². The molecule has 2 saturated heterocycles. The van der Waals surface area contributed by atoms with Crippen LogP contribution in [0.3, 0.4) is 0 Å². The molecule has 6 nitrogen and oxygen atoms in total. The van der Waals surface area contributed by atoms with E-state index in [9.17, 15) is 8.42 Å². The monoisotopic (exact) mass is 347 g/mol. The third-order valence-corrected chi connectivity index (χ3v) is 5.22. The highest BCUT2D eigenvalue weighted by atomic mass is 32.2. The number of hydrogen-bond acceptors (Lipinski definition) is 5. The highest BCUT2D eigenvalue weighted by molar-refractivity contribution is 7.85. The Morgan fingerprint density at radius 2 is 2.00 bits per heavy atom. The van der Waals surface area contributed by atoms with Crippen LogP contribution >= 0.6 is 0 Å². The molecule has 2 aliphatic heterocycles. The number of rotatable bonds is 2. The molecule has 0 aliphatic carbocycles. The fourth-order valence-corrected chi connectivity index (χ4v) is 3.59. The minimum absolute atomic E-state index is 0.0666. The highest BCUT2D eigenvalue weighted by Crippen LogP contribution is 2.28. The molecule has 24 heavy (non-hydrogen) atoms. The molecular formula is C17H21N3O3S. The van der Waals surface area contributed by atoms with Crippen LogP contribution in [-0.2, 0) is 10.1 Å². The van der Waals surface area contributed by atoms with Gasteiger partial charge in [-0.05, 0) is 37.6 Å². The second-order valence-electron chi connectivity index (χ2n) is 6.15. The van der Waals surface area contributed by atoms with Gasteiger partial charge in [0.1, 0.15) is 0 Å². The number of nitrogens with one attached hydrogen (secondary N) is 1. The Balaban J connectivity index is 0.000000144. The zero-order valence-electron chi connectivity index (χ0n) is 13.5. The number of fused-ring (bicyclic) bond motifs is 2. The summed E-state index contributed by atoms with van der Waals surface area (Å²) in [6.45, 7) is 4.13. The minimum atomic E-state index is -4.02. The molecule has 3 heterocycles. The Morgan fingerprint density at radius 3 is 2.50 bits per heavy atom. The summed E-state index contributed by atoms with van der Waals surface area (Å²) in [5.74, 6) is 0. The van der Waals surface area contributed by atoms with Crippen molar-refractivity contribution in [2.75, 3.05) is 18.0 Å². The first kappa shape index (κ1) is 16.9. The van der Waals surface area contributed by atoms with Crippen molar-refractivity contribution in [1.29, 1.82) is 0 Å². The molecule has 0 radical (unpaired) electrons. The van der Waals surface area contributed by atoms with E-state index < -0.39 is 10.1 Å². The summed E-state index contributed by atoms with van der Waals surface area (Å²) in [6.07, 6.45) is 5.09. The molecule has 7 heteroatoms. The summed E-state index contributed by atoms with van der Waals surface area (Å²) in [5, 5.41) is 3.49. The standard InChI is InChI=1S/C10H13N3.C7H8O3S/c1-2-9(5-11-3-1)13-7-8-4-10(13)6-12-8;1-6-2-4-7(5-3-6)11(8,9)10/h1-3,5,8,10,12H,4,6-7H2;2-5H,1H3,(H,8,9,10)/t8-,10-;/m1./s1.